The molecule has 0 amide bonds. The third-order valence-corrected chi connectivity index (χ3v) is 3.26. The zero-order chi connectivity index (χ0) is 21.9. The number of nitrogens with zero attached hydrogens (tertiary/aromatic N) is 2. The average molecular weight is 436 g/mol. The summed E-state index contributed by atoms with van der Waals surface area (Å²) in [7, 11) is 3.30. The van der Waals surface area contributed by atoms with Crippen molar-refractivity contribution in [2.75, 3.05) is 14.2 Å². The summed E-state index contributed by atoms with van der Waals surface area (Å²) in [6.45, 7) is 17.4. The molecule has 0 aliphatic heterocycles. The van der Waals surface area contributed by atoms with E-state index in [-0.39, 0.29) is 17.1 Å². The Labute approximate surface area is 181 Å². The summed E-state index contributed by atoms with van der Waals surface area (Å²) < 4.78 is 32.8. The first kappa shape index (κ1) is 30.8. The molecule has 0 radical (unpaired) electrons. The molecule has 7 nitrogen and oxygen atoms in total. The molecule has 0 saturated carbocycles. The molecule has 0 atom stereocenters. The Hall–Kier alpha value is -2.88. The van der Waals surface area contributed by atoms with Crippen LogP contribution in [-0.4, -0.2) is 25.6 Å². The van der Waals surface area contributed by atoms with Crippen LogP contribution in [0.1, 0.15) is 13.8 Å². The van der Waals surface area contributed by atoms with Gasteiger partial charge in [-0.05, 0) is 62.4 Å². The van der Waals surface area contributed by atoms with Gasteiger partial charge in [0.15, 0.2) is 0 Å². The largest absolute Gasteiger partial charge is 0 e. The quantitative estimate of drug-likeness (QED) is 0.299. The normalized spacial score (nSPS) is 9.45. The Morgan fingerprint density at radius 3 is 1.07 bits per heavy atom. The van der Waals surface area contributed by atoms with Gasteiger partial charge in [0.2, 0.25) is 0 Å². The molecule has 2 aromatic carbocycles. The van der Waals surface area contributed by atoms with Crippen molar-refractivity contribution < 1.29 is 40.5 Å². The SMILES string of the molecule is COc1ccc(N=C(C)C(C)=Nc2ccc(OC)cc2)cc1.[C-]#[O+].[C-]#[O+].[C-]#[O+].[Fe]. The number of hydrogen-bond acceptors (Lipinski definition) is 4. The van der Waals surface area contributed by atoms with Crippen molar-refractivity contribution in [1.29, 1.82) is 0 Å². The average Bonchev–Trinajstić information content (AvgIpc) is 2.79. The fourth-order valence-electron chi connectivity index (χ4n) is 1.86. The second-order valence-electron chi connectivity index (χ2n) is 4.79. The van der Waals surface area contributed by atoms with Gasteiger partial charge in [-0.1, -0.05) is 0 Å². The van der Waals surface area contributed by atoms with E-state index in [2.05, 4.69) is 29.9 Å². The molecule has 0 unspecified atom stereocenters. The predicted octanol–water partition coefficient (Wildman–Crippen LogP) is 4.47. The first-order valence-electron chi connectivity index (χ1n) is 7.62. The number of benzene rings is 2. The van der Waals surface area contributed by atoms with Gasteiger partial charge in [-0.15, -0.1) is 0 Å². The van der Waals surface area contributed by atoms with Crippen molar-refractivity contribution in [2.24, 2.45) is 9.98 Å². The molecule has 2 rings (SSSR count). The number of methoxy groups -OCH3 is 2. The van der Waals surface area contributed by atoms with Gasteiger partial charge in [-0.3, -0.25) is 9.98 Å². The van der Waals surface area contributed by atoms with Crippen molar-refractivity contribution in [1.82, 2.24) is 0 Å². The van der Waals surface area contributed by atoms with E-state index in [0.29, 0.717) is 0 Å². The Bertz CT molecular complexity index is 732. The van der Waals surface area contributed by atoms with Crippen LogP contribution in [0.15, 0.2) is 58.5 Å². The molecule has 0 aliphatic carbocycles. The summed E-state index contributed by atoms with van der Waals surface area (Å²) >= 11 is 0. The first-order chi connectivity index (χ1) is 13.6. The minimum atomic E-state index is 0. The smallest absolute Gasteiger partial charge is 0 e. The van der Waals surface area contributed by atoms with Crippen LogP contribution in [0, 0.1) is 20.0 Å². The molecule has 0 heterocycles. The van der Waals surface area contributed by atoms with Crippen molar-refractivity contribution in [3.63, 3.8) is 0 Å². The molecular formula is C21H20FeN2O5. The van der Waals surface area contributed by atoms with E-state index >= 15 is 0 Å². The topological polar surface area (TPSA) is 103 Å². The Balaban J connectivity index is -0.000000883. The Morgan fingerprint density at radius 2 is 0.862 bits per heavy atom. The molecule has 2 aromatic rings. The minimum Gasteiger partial charge on any atom is 0 e. The third kappa shape index (κ3) is 12.2. The van der Waals surface area contributed by atoms with Gasteiger partial charge in [-0.25, -0.2) is 0 Å². The molecule has 0 spiro atoms. The summed E-state index contributed by atoms with van der Waals surface area (Å²) in [5.41, 5.74) is 3.51. The van der Waals surface area contributed by atoms with Crippen LogP contribution in [0.4, 0.5) is 11.4 Å². The number of ether oxygens (including phenoxy) is 2. The second kappa shape index (κ2) is 19.9. The number of aliphatic imine (C=N–C) groups is 2. The van der Waals surface area contributed by atoms with Crippen molar-refractivity contribution >= 4 is 22.8 Å². The molecule has 0 aliphatic rings. The maximum absolute atomic E-state index is 7.50. The summed E-state index contributed by atoms with van der Waals surface area (Å²) in [5, 5.41) is 0. The van der Waals surface area contributed by atoms with Crippen LogP contribution in [0.25, 0.3) is 0 Å². The van der Waals surface area contributed by atoms with Crippen LogP contribution in [0.5, 0.6) is 11.5 Å². The van der Waals surface area contributed by atoms with E-state index in [0.717, 1.165) is 34.3 Å². The molecule has 0 saturated heterocycles. The molecule has 0 fully saturated rings. The zero-order valence-corrected chi connectivity index (χ0v) is 17.5. The maximum Gasteiger partial charge on any atom is 0 e. The van der Waals surface area contributed by atoms with Crippen molar-refractivity contribution in [2.45, 2.75) is 13.8 Å². The molecule has 0 bridgehead atoms. The van der Waals surface area contributed by atoms with Crippen molar-refractivity contribution in [3.05, 3.63) is 68.5 Å². The minimum absolute atomic E-state index is 0. The van der Waals surface area contributed by atoms with E-state index < -0.39 is 0 Å². The van der Waals surface area contributed by atoms with E-state index in [9.17, 15) is 0 Å². The van der Waals surface area contributed by atoms with Gasteiger partial charge in [0.1, 0.15) is 11.5 Å². The molecule has 0 aromatic heterocycles. The van der Waals surface area contributed by atoms with Gasteiger partial charge in [-0.2, -0.15) is 0 Å². The Kier molecular flexibility index (Phi) is 21.1. The van der Waals surface area contributed by atoms with Gasteiger partial charge < -0.3 is 9.47 Å². The van der Waals surface area contributed by atoms with Gasteiger partial charge in [0, 0.05) is 17.1 Å². The van der Waals surface area contributed by atoms with Crippen LogP contribution in [0.2, 0.25) is 0 Å². The number of hydrogen-bond donors (Lipinski definition) is 0. The van der Waals surface area contributed by atoms with Gasteiger partial charge in [0.25, 0.3) is 0 Å². The van der Waals surface area contributed by atoms with E-state index in [1.54, 1.807) is 14.2 Å². The maximum atomic E-state index is 7.50. The molecular weight excluding hydrogens is 416 g/mol. The molecule has 0 N–H and O–H groups in total. The van der Waals surface area contributed by atoms with E-state index in [4.69, 9.17) is 23.4 Å². The Morgan fingerprint density at radius 1 is 0.621 bits per heavy atom. The predicted molar refractivity (Wildman–Crippen MR) is 103 cm³/mol. The van der Waals surface area contributed by atoms with Gasteiger partial charge in [0.05, 0.1) is 37.0 Å². The van der Waals surface area contributed by atoms with Gasteiger partial charge >= 0.3 is 33.9 Å². The number of rotatable bonds is 5. The summed E-state index contributed by atoms with van der Waals surface area (Å²) in [6, 6.07) is 15.2. The summed E-state index contributed by atoms with van der Waals surface area (Å²) in [5.74, 6) is 1.64. The summed E-state index contributed by atoms with van der Waals surface area (Å²) in [4.78, 5) is 9.14. The fourth-order valence-corrected chi connectivity index (χ4v) is 1.86. The summed E-state index contributed by atoms with van der Waals surface area (Å²) in [6.07, 6.45) is 0. The van der Waals surface area contributed by atoms with E-state index in [1.807, 2.05) is 62.4 Å². The van der Waals surface area contributed by atoms with Crippen LogP contribution < -0.4 is 9.47 Å². The monoisotopic (exact) mass is 436 g/mol. The molecule has 8 heteroatoms. The van der Waals surface area contributed by atoms with E-state index in [1.165, 1.54) is 0 Å². The van der Waals surface area contributed by atoms with Crippen LogP contribution >= 0.6 is 0 Å². The molecule has 152 valence electrons. The second-order valence-corrected chi connectivity index (χ2v) is 4.79. The van der Waals surface area contributed by atoms with Crippen molar-refractivity contribution in [3.8, 4) is 11.5 Å². The van der Waals surface area contributed by atoms with Crippen LogP contribution in [0.3, 0.4) is 0 Å². The fraction of sp³-hybridized carbons (Fsp3) is 0.190. The van der Waals surface area contributed by atoms with Crippen LogP contribution in [-0.2, 0) is 31.0 Å². The zero-order valence-electron chi connectivity index (χ0n) is 16.4. The molecule has 29 heavy (non-hydrogen) atoms. The third-order valence-electron chi connectivity index (χ3n) is 3.26. The standard InChI is InChI=1S/C18H20N2O2.3CO.Fe/c1-13(19-15-5-9-17(21-3)10-6-15)14(2)20-16-7-11-18(22-4)12-8-16;3*1-2;/h5-12H,1-4H3;;;;. The first-order valence-corrected chi connectivity index (χ1v) is 7.62.